The predicted octanol–water partition coefficient (Wildman–Crippen LogP) is 2.57. The lowest BCUT2D eigenvalue weighted by molar-refractivity contribution is 0.775. The van der Waals surface area contributed by atoms with Crippen LogP contribution in [0.5, 0.6) is 0 Å². The van der Waals surface area contributed by atoms with Crippen molar-refractivity contribution in [3.8, 4) is 28.5 Å². The third-order valence-corrected chi connectivity index (χ3v) is 5.35. The van der Waals surface area contributed by atoms with Crippen LogP contribution in [0.3, 0.4) is 0 Å². The van der Waals surface area contributed by atoms with E-state index in [1.54, 1.807) is 16.9 Å². The first-order chi connectivity index (χ1) is 14.6. The van der Waals surface area contributed by atoms with Gasteiger partial charge in [0, 0.05) is 41.8 Å². The topological polar surface area (TPSA) is 118 Å². The Hall–Kier alpha value is -4.22. The molecule has 0 aliphatic carbocycles. The van der Waals surface area contributed by atoms with Crippen molar-refractivity contribution in [3.63, 3.8) is 0 Å². The molecule has 4 aromatic heterocycles. The molecular weight excluding hydrogens is 378 g/mol. The Kier molecular flexibility index (Phi) is 3.98. The van der Waals surface area contributed by atoms with Gasteiger partial charge in [-0.2, -0.15) is 15.5 Å². The molecule has 0 unspecified atom stereocenters. The lowest BCUT2D eigenvalue weighted by Crippen LogP contribution is -2.13. The van der Waals surface area contributed by atoms with Crippen LogP contribution in [0, 0.1) is 11.3 Å². The maximum atomic E-state index is 12.2. The zero-order valence-electron chi connectivity index (χ0n) is 16.1. The molecule has 0 aliphatic heterocycles. The maximum absolute atomic E-state index is 12.2. The van der Waals surface area contributed by atoms with Gasteiger partial charge in [0.2, 0.25) is 0 Å². The second-order valence-corrected chi connectivity index (χ2v) is 7.01. The minimum Gasteiger partial charge on any atom is -0.325 e. The maximum Gasteiger partial charge on any atom is 0.272 e. The Morgan fingerprint density at radius 1 is 1.17 bits per heavy atom. The van der Waals surface area contributed by atoms with E-state index < -0.39 is 0 Å². The predicted molar refractivity (Wildman–Crippen MR) is 114 cm³/mol. The average Bonchev–Trinajstić information content (AvgIpc) is 3.33. The second-order valence-electron chi connectivity index (χ2n) is 7.01. The van der Waals surface area contributed by atoms with Crippen LogP contribution >= 0.6 is 0 Å². The van der Waals surface area contributed by atoms with E-state index in [9.17, 15) is 10.1 Å². The number of nitriles is 1. The average molecular weight is 395 g/mol. The van der Waals surface area contributed by atoms with E-state index in [1.165, 1.54) is 0 Å². The Balaban J connectivity index is 1.79. The number of nitrogens with zero attached hydrogens (tertiary/aromatic N) is 5. The number of nitrogens with one attached hydrogen (secondary N) is 1. The fourth-order valence-electron chi connectivity index (χ4n) is 3.93. The summed E-state index contributed by atoms with van der Waals surface area (Å²) >= 11 is 0. The summed E-state index contributed by atoms with van der Waals surface area (Å²) in [6.45, 7) is 0.208. The zero-order chi connectivity index (χ0) is 20.8. The number of hydrogen-bond acceptors (Lipinski definition) is 5. The molecule has 0 fully saturated rings. The Labute approximate surface area is 170 Å². The van der Waals surface area contributed by atoms with Crippen molar-refractivity contribution in [1.82, 2.24) is 24.4 Å². The first kappa shape index (κ1) is 17.8. The third-order valence-electron chi connectivity index (χ3n) is 5.35. The number of benzene rings is 1. The zero-order valence-corrected chi connectivity index (χ0v) is 16.1. The van der Waals surface area contributed by atoms with Crippen molar-refractivity contribution >= 4 is 16.3 Å². The minimum atomic E-state index is -0.259. The number of aromatic amines is 1. The second kappa shape index (κ2) is 6.69. The lowest BCUT2D eigenvalue weighted by atomic mass is 9.98. The summed E-state index contributed by atoms with van der Waals surface area (Å²) in [5.41, 5.74) is 11.0. The number of H-pyrrole nitrogens is 1. The lowest BCUT2D eigenvalue weighted by Gasteiger charge is -2.08. The number of pyridine rings is 1. The van der Waals surface area contributed by atoms with E-state index in [-0.39, 0.29) is 12.1 Å². The molecule has 5 rings (SSSR count). The van der Waals surface area contributed by atoms with Gasteiger partial charge in [0.05, 0.1) is 23.0 Å². The van der Waals surface area contributed by atoms with Crippen LogP contribution in [0.2, 0.25) is 0 Å². The molecule has 0 spiro atoms. The molecule has 0 atom stereocenters. The number of aromatic nitrogens is 5. The molecule has 5 aromatic rings. The van der Waals surface area contributed by atoms with E-state index in [0.29, 0.717) is 22.2 Å². The highest BCUT2D eigenvalue weighted by Gasteiger charge is 2.20. The molecule has 4 heterocycles. The van der Waals surface area contributed by atoms with E-state index >= 15 is 0 Å². The molecule has 0 saturated carbocycles. The van der Waals surface area contributed by atoms with E-state index in [0.717, 1.165) is 27.9 Å². The Morgan fingerprint density at radius 3 is 2.83 bits per heavy atom. The normalized spacial score (nSPS) is 11.2. The molecule has 1 aromatic carbocycles. The monoisotopic (exact) mass is 395 g/mol. The Morgan fingerprint density at radius 2 is 2.03 bits per heavy atom. The minimum absolute atomic E-state index is 0.208. The standard InChI is InChI=1S/C22H17N7O/c1-28-21(17-9-14-4-2-3-7-29(14)20(17)11-24)18(12-25-28)13-5-6-15-16(8-13)19(10-23)26-27-22(15)30/h2-9,12H,10,23H2,1H3,(H,27,30). The molecular formula is C22H17N7O. The van der Waals surface area contributed by atoms with E-state index in [2.05, 4.69) is 21.4 Å². The highest BCUT2D eigenvalue weighted by atomic mass is 16.1. The first-order valence-electron chi connectivity index (χ1n) is 9.36. The van der Waals surface area contributed by atoms with Gasteiger partial charge in [-0.25, -0.2) is 5.10 Å². The van der Waals surface area contributed by atoms with Crippen LogP contribution in [-0.2, 0) is 13.6 Å². The fourth-order valence-corrected chi connectivity index (χ4v) is 3.93. The molecule has 0 amide bonds. The van der Waals surface area contributed by atoms with Crippen LogP contribution in [0.15, 0.2) is 59.7 Å². The number of nitrogens with two attached hydrogens (primary N) is 1. The van der Waals surface area contributed by atoms with Crippen molar-refractivity contribution in [1.29, 1.82) is 5.26 Å². The van der Waals surface area contributed by atoms with Gasteiger partial charge >= 0.3 is 0 Å². The smallest absolute Gasteiger partial charge is 0.272 e. The van der Waals surface area contributed by atoms with Gasteiger partial charge in [-0.15, -0.1) is 0 Å². The summed E-state index contributed by atoms with van der Waals surface area (Å²) in [5, 5.41) is 22.1. The quantitative estimate of drug-likeness (QED) is 0.487. The summed E-state index contributed by atoms with van der Waals surface area (Å²) in [4.78, 5) is 12.2. The van der Waals surface area contributed by atoms with Gasteiger partial charge in [0.25, 0.3) is 5.56 Å². The molecule has 3 N–H and O–H groups in total. The number of hydrogen-bond donors (Lipinski definition) is 2. The van der Waals surface area contributed by atoms with Gasteiger partial charge in [0.15, 0.2) is 0 Å². The van der Waals surface area contributed by atoms with Crippen LogP contribution < -0.4 is 11.3 Å². The molecule has 8 heteroatoms. The summed E-state index contributed by atoms with van der Waals surface area (Å²) in [6.07, 6.45) is 3.64. The fraction of sp³-hybridized carbons (Fsp3) is 0.0909. The molecule has 0 bridgehead atoms. The van der Waals surface area contributed by atoms with Crippen LogP contribution in [0.25, 0.3) is 38.7 Å². The molecule has 0 saturated heterocycles. The van der Waals surface area contributed by atoms with Crippen molar-refractivity contribution in [3.05, 3.63) is 76.6 Å². The Bertz CT molecular complexity index is 1530. The van der Waals surface area contributed by atoms with Gasteiger partial charge in [-0.3, -0.25) is 9.48 Å². The summed E-state index contributed by atoms with van der Waals surface area (Å²) in [7, 11) is 1.85. The highest BCUT2D eigenvalue weighted by molar-refractivity contribution is 5.92. The molecule has 146 valence electrons. The van der Waals surface area contributed by atoms with Crippen molar-refractivity contribution < 1.29 is 0 Å². The molecule has 0 aliphatic rings. The van der Waals surface area contributed by atoms with Gasteiger partial charge in [-0.1, -0.05) is 12.1 Å². The van der Waals surface area contributed by atoms with Crippen molar-refractivity contribution in [2.45, 2.75) is 6.54 Å². The van der Waals surface area contributed by atoms with Gasteiger partial charge in [0.1, 0.15) is 11.8 Å². The third kappa shape index (κ3) is 2.53. The molecule has 30 heavy (non-hydrogen) atoms. The summed E-state index contributed by atoms with van der Waals surface area (Å²) in [6, 6.07) is 15.6. The van der Waals surface area contributed by atoms with Crippen LogP contribution in [-0.4, -0.2) is 24.4 Å². The molecule has 8 nitrogen and oxygen atoms in total. The van der Waals surface area contributed by atoms with Crippen molar-refractivity contribution in [2.24, 2.45) is 12.8 Å². The first-order valence-corrected chi connectivity index (χ1v) is 9.36. The SMILES string of the molecule is Cn1ncc(-c2ccc3c(=O)[nH]nc(CN)c3c2)c1-c1cc2ccccn2c1C#N. The summed E-state index contributed by atoms with van der Waals surface area (Å²) in [5.74, 6) is 0. The van der Waals surface area contributed by atoms with Crippen molar-refractivity contribution in [2.75, 3.05) is 0 Å². The van der Waals surface area contributed by atoms with Gasteiger partial charge in [-0.05, 0) is 35.9 Å². The van der Waals surface area contributed by atoms with E-state index in [4.69, 9.17) is 5.73 Å². The highest BCUT2D eigenvalue weighted by Crippen LogP contribution is 2.36. The van der Waals surface area contributed by atoms with Crippen LogP contribution in [0.4, 0.5) is 0 Å². The summed E-state index contributed by atoms with van der Waals surface area (Å²) < 4.78 is 3.62. The number of fused-ring (bicyclic) bond motifs is 2. The largest absolute Gasteiger partial charge is 0.325 e. The van der Waals surface area contributed by atoms with Gasteiger partial charge < -0.3 is 10.1 Å². The van der Waals surface area contributed by atoms with Crippen LogP contribution in [0.1, 0.15) is 11.4 Å². The van der Waals surface area contributed by atoms with E-state index in [1.807, 2.05) is 54.0 Å². The number of rotatable bonds is 3. The number of aryl methyl sites for hydroxylation is 1. The molecule has 0 radical (unpaired) electrons.